The molecule has 0 radical (unpaired) electrons. The summed E-state index contributed by atoms with van der Waals surface area (Å²) < 4.78 is 18.1. The number of benzene rings is 1. The molecule has 0 aliphatic carbocycles. The Morgan fingerprint density at radius 3 is 2.61 bits per heavy atom. The van der Waals surface area contributed by atoms with Crippen LogP contribution < -0.4 is 10.1 Å². The van der Waals surface area contributed by atoms with Gasteiger partial charge in [0.2, 0.25) is 0 Å². The number of carboxylic acids is 1. The Hall–Kier alpha value is -2.11. The van der Waals surface area contributed by atoms with Gasteiger partial charge in [-0.2, -0.15) is 0 Å². The van der Waals surface area contributed by atoms with Crippen LogP contribution in [0, 0.1) is 5.82 Å². The number of amides is 1. The summed E-state index contributed by atoms with van der Waals surface area (Å²) in [6.07, 6.45) is 0. The van der Waals surface area contributed by atoms with E-state index in [4.69, 9.17) is 9.84 Å². The molecule has 0 aliphatic heterocycles. The van der Waals surface area contributed by atoms with Crippen LogP contribution in [0.15, 0.2) is 18.2 Å². The molecule has 6 heteroatoms. The average Bonchev–Trinajstić information content (AvgIpc) is 2.24. The summed E-state index contributed by atoms with van der Waals surface area (Å²) in [5.74, 6) is -2.34. The van der Waals surface area contributed by atoms with E-state index in [2.05, 4.69) is 5.32 Å². The quantitative estimate of drug-likeness (QED) is 0.834. The largest absolute Gasteiger partial charge is 0.484 e. The van der Waals surface area contributed by atoms with Gasteiger partial charge in [0.1, 0.15) is 11.6 Å². The highest BCUT2D eigenvalue weighted by Crippen LogP contribution is 2.16. The van der Waals surface area contributed by atoms with Crippen LogP contribution in [0.5, 0.6) is 5.75 Å². The molecule has 5 nitrogen and oxygen atoms in total. The maximum Gasteiger partial charge on any atom is 0.335 e. The van der Waals surface area contributed by atoms with Crippen molar-refractivity contribution in [2.45, 2.75) is 19.9 Å². The number of rotatable bonds is 5. The number of nitrogens with one attached hydrogen (secondary N) is 1. The van der Waals surface area contributed by atoms with Crippen LogP contribution >= 0.6 is 0 Å². The molecule has 0 spiro atoms. The number of hydrogen-bond donors (Lipinski definition) is 2. The van der Waals surface area contributed by atoms with Crippen LogP contribution in [0.25, 0.3) is 0 Å². The molecule has 0 saturated carbocycles. The highest BCUT2D eigenvalue weighted by molar-refractivity contribution is 5.88. The van der Waals surface area contributed by atoms with E-state index in [1.807, 2.05) is 0 Å². The Kier molecular flexibility index (Phi) is 4.65. The summed E-state index contributed by atoms with van der Waals surface area (Å²) in [6, 6.07) is 3.04. The molecule has 1 aromatic carbocycles. The molecule has 0 saturated heterocycles. The predicted molar refractivity (Wildman–Crippen MR) is 62.1 cm³/mol. The summed E-state index contributed by atoms with van der Waals surface area (Å²) in [7, 11) is 0. The number of carboxylic acid groups (broad SMARTS) is 1. The van der Waals surface area contributed by atoms with Crippen LogP contribution in [0.2, 0.25) is 0 Å². The summed E-state index contributed by atoms with van der Waals surface area (Å²) in [5.41, 5.74) is -0.228. The Morgan fingerprint density at radius 1 is 1.39 bits per heavy atom. The molecule has 0 aromatic heterocycles. The fraction of sp³-hybridized carbons (Fsp3) is 0.333. The Balaban J connectivity index is 2.67. The van der Waals surface area contributed by atoms with Crippen molar-refractivity contribution in [1.82, 2.24) is 5.32 Å². The van der Waals surface area contributed by atoms with Crippen molar-refractivity contribution in [3.8, 4) is 5.75 Å². The zero-order chi connectivity index (χ0) is 13.7. The van der Waals surface area contributed by atoms with Crippen molar-refractivity contribution >= 4 is 11.9 Å². The highest BCUT2D eigenvalue weighted by Gasteiger charge is 2.09. The minimum atomic E-state index is -1.26. The summed E-state index contributed by atoms with van der Waals surface area (Å²) in [6.45, 7) is 3.30. The van der Waals surface area contributed by atoms with Gasteiger partial charge in [-0.15, -0.1) is 0 Å². The third kappa shape index (κ3) is 4.40. The smallest absolute Gasteiger partial charge is 0.335 e. The molecular formula is C12H14FNO4. The topological polar surface area (TPSA) is 75.6 Å². The first-order valence-electron chi connectivity index (χ1n) is 5.34. The SMILES string of the molecule is CC(C)NC(=O)COc1cc(F)cc(C(=O)O)c1. The lowest BCUT2D eigenvalue weighted by molar-refractivity contribution is -0.123. The summed E-state index contributed by atoms with van der Waals surface area (Å²) in [5, 5.41) is 11.3. The molecule has 0 atom stereocenters. The first-order chi connectivity index (χ1) is 8.38. The van der Waals surface area contributed by atoms with Crippen LogP contribution in [0.3, 0.4) is 0 Å². The highest BCUT2D eigenvalue weighted by atomic mass is 19.1. The van der Waals surface area contributed by atoms with E-state index in [9.17, 15) is 14.0 Å². The van der Waals surface area contributed by atoms with Crippen molar-refractivity contribution in [1.29, 1.82) is 0 Å². The lowest BCUT2D eigenvalue weighted by atomic mass is 10.2. The number of aromatic carboxylic acids is 1. The van der Waals surface area contributed by atoms with Gasteiger partial charge in [0.25, 0.3) is 5.91 Å². The normalized spacial score (nSPS) is 10.2. The number of hydrogen-bond acceptors (Lipinski definition) is 3. The molecule has 1 amide bonds. The van der Waals surface area contributed by atoms with Gasteiger partial charge in [-0.1, -0.05) is 0 Å². The van der Waals surface area contributed by atoms with Gasteiger partial charge in [0, 0.05) is 12.1 Å². The second-order valence-corrected chi connectivity index (χ2v) is 3.99. The van der Waals surface area contributed by atoms with E-state index >= 15 is 0 Å². The molecule has 98 valence electrons. The molecule has 18 heavy (non-hydrogen) atoms. The Morgan fingerprint density at radius 2 is 2.06 bits per heavy atom. The van der Waals surface area contributed by atoms with E-state index in [1.165, 1.54) is 0 Å². The number of halogens is 1. The van der Waals surface area contributed by atoms with Crippen LogP contribution in [0.1, 0.15) is 24.2 Å². The predicted octanol–water partition coefficient (Wildman–Crippen LogP) is 1.43. The zero-order valence-corrected chi connectivity index (χ0v) is 10.1. The van der Waals surface area contributed by atoms with Gasteiger partial charge in [0.15, 0.2) is 6.61 Å². The third-order valence-electron chi connectivity index (χ3n) is 1.94. The zero-order valence-electron chi connectivity index (χ0n) is 10.1. The molecule has 0 heterocycles. The van der Waals surface area contributed by atoms with Crippen LogP contribution in [-0.2, 0) is 4.79 Å². The number of carbonyl (C=O) groups is 2. The van der Waals surface area contributed by atoms with Crippen molar-refractivity contribution in [3.63, 3.8) is 0 Å². The van der Waals surface area contributed by atoms with Crippen LogP contribution in [-0.4, -0.2) is 29.6 Å². The second-order valence-electron chi connectivity index (χ2n) is 3.99. The third-order valence-corrected chi connectivity index (χ3v) is 1.94. The Labute approximate surface area is 104 Å². The van der Waals surface area contributed by atoms with Crippen molar-refractivity contribution in [3.05, 3.63) is 29.6 Å². The van der Waals surface area contributed by atoms with Crippen molar-refractivity contribution in [2.24, 2.45) is 0 Å². The van der Waals surface area contributed by atoms with E-state index in [0.717, 1.165) is 18.2 Å². The molecule has 0 bridgehead atoms. The monoisotopic (exact) mass is 255 g/mol. The van der Waals surface area contributed by atoms with Crippen molar-refractivity contribution < 1.29 is 23.8 Å². The molecule has 1 rings (SSSR count). The first kappa shape index (κ1) is 14.0. The molecule has 0 fully saturated rings. The van der Waals surface area contributed by atoms with E-state index in [-0.39, 0.29) is 29.9 Å². The van der Waals surface area contributed by atoms with Gasteiger partial charge >= 0.3 is 5.97 Å². The maximum atomic E-state index is 13.1. The number of carbonyl (C=O) groups excluding carboxylic acids is 1. The molecule has 0 aliphatic rings. The standard InChI is InChI=1S/C12H14FNO4/c1-7(2)14-11(15)6-18-10-4-8(12(16)17)3-9(13)5-10/h3-5,7H,6H2,1-2H3,(H,14,15)(H,16,17). The van der Waals surface area contributed by atoms with Crippen molar-refractivity contribution in [2.75, 3.05) is 6.61 Å². The summed E-state index contributed by atoms with van der Waals surface area (Å²) >= 11 is 0. The van der Waals surface area contributed by atoms with E-state index in [0.29, 0.717) is 0 Å². The summed E-state index contributed by atoms with van der Waals surface area (Å²) in [4.78, 5) is 22.0. The van der Waals surface area contributed by atoms with Gasteiger partial charge in [-0.3, -0.25) is 4.79 Å². The van der Waals surface area contributed by atoms with Gasteiger partial charge in [0.05, 0.1) is 5.56 Å². The minimum absolute atomic E-state index is 0.00584. The fourth-order valence-electron chi connectivity index (χ4n) is 1.28. The van der Waals surface area contributed by atoms with E-state index < -0.39 is 11.8 Å². The number of ether oxygens (including phenoxy) is 1. The van der Waals surface area contributed by atoms with E-state index in [1.54, 1.807) is 13.8 Å². The van der Waals surface area contributed by atoms with Gasteiger partial charge < -0.3 is 15.2 Å². The molecule has 1 aromatic rings. The lowest BCUT2D eigenvalue weighted by Crippen LogP contribution is -2.34. The maximum absolute atomic E-state index is 13.1. The lowest BCUT2D eigenvalue weighted by Gasteiger charge is -2.10. The van der Waals surface area contributed by atoms with Gasteiger partial charge in [-0.05, 0) is 26.0 Å². The van der Waals surface area contributed by atoms with Crippen LogP contribution in [0.4, 0.5) is 4.39 Å². The van der Waals surface area contributed by atoms with Gasteiger partial charge in [-0.25, -0.2) is 9.18 Å². The minimum Gasteiger partial charge on any atom is -0.484 e. The Bertz CT molecular complexity index is 459. The fourth-order valence-corrected chi connectivity index (χ4v) is 1.28. The average molecular weight is 255 g/mol. The molecule has 2 N–H and O–H groups in total. The molecule has 0 unspecified atom stereocenters. The second kappa shape index (κ2) is 6.00. The molecular weight excluding hydrogens is 241 g/mol. The first-order valence-corrected chi connectivity index (χ1v) is 5.34.